The van der Waals surface area contributed by atoms with Gasteiger partial charge in [0.25, 0.3) is 5.91 Å². The van der Waals surface area contributed by atoms with Crippen LogP contribution < -0.4 is 0 Å². The van der Waals surface area contributed by atoms with Gasteiger partial charge in [-0.3, -0.25) is 9.69 Å². The molecule has 1 amide bonds. The summed E-state index contributed by atoms with van der Waals surface area (Å²) in [4.78, 5) is 20.9. The van der Waals surface area contributed by atoms with Crippen molar-refractivity contribution >= 4 is 5.91 Å². The Kier molecular flexibility index (Phi) is 4.49. The number of aromatic nitrogens is 4. The quantitative estimate of drug-likeness (QED) is 0.708. The molecule has 1 aliphatic rings. The van der Waals surface area contributed by atoms with Crippen molar-refractivity contribution in [3.63, 3.8) is 0 Å². The summed E-state index contributed by atoms with van der Waals surface area (Å²) in [6.45, 7) is 5.68. The van der Waals surface area contributed by atoms with Gasteiger partial charge in [-0.05, 0) is 25.1 Å². The predicted octanol–water partition coefficient (Wildman–Crippen LogP) is 1.52. The first kappa shape index (κ1) is 16.5. The van der Waals surface area contributed by atoms with Crippen molar-refractivity contribution in [2.45, 2.75) is 13.5 Å². The molecule has 0 bridgehead atoms. The first-order valence-corrected chi connectivity index (χ1v) is 8.58. The molecule has 0 aliphatic carbocycles. The van der Waals surface area contributed by atoms with Gasteiger partial charge >= 0.3 is 0 Å². The molecule has 1 saturated heterocycles. The molecule has 0 saturated carbocycles. The number of rotatable bonds is 4. The Morgan fingerprint density at radius 2 is 2.04 bits per heavy atom. The van der Waals surface area contributed by atoms with E-state index in [1.807, 2.05) is 42.2 Å². The lowest BCUT2D eigenvalue weighted by atomic mass is 10.1. The Balaban J connectivity index is 1.38. The minimum absolute atomic E-state index is 0.0453. The third-order valence-corrected chi connectivity index (χ3v) is 4.50. The monoisotopic (exact) mass is 352 g/mol. The molecule has 3 aromatic rings. The van der Waals surface area contributed by atoms with E-state index >= 15 is 0 Å². The van der Waals surface area contributed by atoms with Gasteiger partial charge in [0.2, 0.25) is 0 Å². The van der Waals surface area contributed by atoms with Gasteiger partial charge in [-0.25, -0.2) is 9.67 Å². The molecule has 0 N–H and O–H groups in total. The largest absolute Gasteiger partial charge is 0.361 e. The Labute approximate surface area is 151 Å². The highest BCUT2D eigenvalue weighted by Gasteiger charge is 2.23. The van der Waals surface area contributed by atoms with Crippen LogP contribution in [-0.2, 0) is 6.54 Å². The maximum Gasteiger partial charge on any atom is 0.254 e. The first-order chi connectivity index (χ1) is 12.7. The zero-order chi connectivity index (χ0) is 17.9. The van der Waals surface area contributed by atoms with Gasteiger partial charge in [0.1, 0.15) is 18.4 Å². The summed E-state index contributed by atoms with van der Waals surface area (Å²) in [5.74, 6) is 0.866. The van der Waals surface area contributed by atoms with Gasteiger partial charge in [0.15, 0.2) is 0 Å². The smallest absolute Gasteiger partial charge is 0.254 e. The normalized spacial score (nSPS) is 15.3. The molecule has 4 rings (SSSR count). The molecule has 2 aromatic heterocycles. The van der Waals surface area contributed by atoms with Crippen molar-refractivity contribution in [1.29, 1.82) is 0 Å². The van der Waals surface area contributed by atoms with E-state index in [1.165, 1.54) is 6.33 Å². The number of hydrogen-bond acceptors (Lipinski definition) is 6. The predicted molar refractivity (Wildman–Crippen MR) is 93.8 cm³/mol. The van der Waals surface area contributed by atoms with Gasteiger partial charge < -0.3 is 9.42 Å². The van der Waals surface area contributed by atoms with Crippen molar-refractivity contribution < 1.29 is 9.32 Å². The number of carbonyl (C=O) groups excluding carboxylic acids is 1. The Bertz CT molecular complexity index is 881. The molecule has 0 unspecified atom stereocenters. The number of aryl methyl sites for hydroxylation is 1. The van der Waals surface area contributed by atoms with E-state index in [9.17, 15) is 4.79 Å². The Morgan fingerprint density at radius 3 is 2.73 bits per heavy atom. The van der Waals surface area contributed by atoms with Gasteiger partial charge in [-0.2, -0.15) is 5.10 Å². The average Bonchev–Trinajstić information content (AvgIpc) is 3.34. The van der Waals surface area contributed by atoms with Gasteiger partial charge in [-0.1, -0.05) is 11.2 Å². The molecule has 1 aromatic carbocycles. The van der Waals surface area contributed by atoms with Gasteiger partial charge in [0, 0.05) is 44.4 Å². The van der Waals surface area contributed by atoms with E-state index in [4.69, 9.17) is 4.52 Å². The number of hydrogen-bond donors (Lipinski definition) is 0. The second-order valence-corrected chi connectivity index (χ2v) is 6.39. The summed E-state index contributed by atoms with van der Waals surface area (Å²) in [5, 5.41) is 8.15. The van der Waals surface area contributed by atoms with E-state index in [-0.39, 0.29) is 5.91 Å². The van der Waals surface area contributed by atoms with E-state index in [1.54, 1.807) is 11.0 Å². The minimum Gasteiger partial charge on any atom is -0.361 e. The summed E-state index contributed by atoms with van der Waals surface area (Å²) >= 11 is 0. The number of benzene rings is 1. The molecule has 8 nitrogen and oxygen atoms in total. The van der Waals surface area contributed by atoms with Crippen molar-refractivity contribution in [2.75, 3.05) is 26.2 Å². The summed E-state index contributed by atoms with van der Waals surface area (Å²) in [5.41, 5.74) is 2.43. The van der Waals surface area contributed by atoms with E-state index in [0.717, 1.165) is 36.8 Å². The first-order valence-electron chi connectivity index (χ1n) is 8.58. The highest BCUT2D eigenvalue weighted by Crippen LogP contribution is 2.14. The highest BCUT2D eigenvalue weighted by molar-refractivity contribution is 5.94. The molecule has 0 spiro atoms. The van der Waals surface area contributed by atoms with E-state index in [0.29, 0.717) is 18.7 Å². The summed E-state index contributed by atoms with van der Waals surface area (Å²) in [6, 6.07) is 9.42. The zero-order valence-corrected chi connectivity index (χ0v) is 14.6. The fourth-order valence-electron chi connectivity index (χ4n) is 3.14. The maximum absolute atomic E-state index is 12.8. The lowest BCUT2D eigenvalue weighted by molar-refractivity contribution is 0.0625. The van der Waals surface area contributed by atoms with Crippen LogP contribution in [0.5, 0.6) is 0 Å². The third-order valence-electron chi connectivity index (χ3n) is 4.50. The molecule has 1 aliphatic heterocycles. The molecule has 3 heterocycles. The number of carbonyl (C=O) groups is 1. The lowest BCUT2D eigenvalue weighted by Crippen LogP contribution is -2.48. The fourth-order valence-corrected chi connectivity index (χ4v) is 3.14. The Morgan fingerprint density at radius 1 is 1.19 bits per heavy atom. The van der Waals surface area contributed by atoms with E-state index in [2.05, 4.69) is 20.1 Å². The average molecular weight is 352 g/mol. The van der Waals surface area contributed by atoms with Crippen LogP contribution >= 0.6 is 0 Å². The second-order valence-electron chi connectivity index (χ2n) is 6.39. The van der Waals surface area contributed by atoms with Crippen molar-refractivity contribution in [3.8, 4) is 5.69 Å². The summed E-state index contributed by atoms with van der Waals surface area (Å²) in [7, 11) is 0. The van der Waals surface area contributed by atoms with Crippen LogP contribution in [0.1, 0.15) is 21.8 Å². The molecule has 134 valence electrons. The fraction of sp³-hybridized carbons (Fsp3) is 0.333. The highest BCUT2D eigenvalue weighted by atomic mass is 16.5. The number of piperazine rings is 1. The third kappa shape index (κ3) is 3.50. The Hall–Kier alpha value is -3.00. The topological polar surface area (TPSA) is 80.3 Å². The summed E-state index contributed by atoms with van der Waals surface area (Å²) in [6.07, 6.45) is 3.10. The standard InChI is InChI=1S/C18H20N6O2/c1-14-9-16(21-26-14)11-22-5-7-23(8-6-22)18(25)15-3-2-4-17(10-15)24-13-19-12-20-24/h2-4,9-10,12-13H,5-8,11H2,1H3. The second kappa shape index (κ2) is 7.09. The van der Waals surface area contributed by atoms with Crippen LogP contribution in [0.25, 0.3) is 5.69 Å². The van der Waals surface area contributed by atoms with E-state index < -0.39 is 0 Å². The summed E-state index contributed by atoms with van der Waals surface area (Å²) < 4.78 is 6.76. The number of amides is 1. The van der Waals surface area contributed by atoms with Crippen LogP contribution in [-0.4, -0.2) is 61.8 Å². The zero-order valence-electron chi connectivity index (χ0n) is 14.6. The number of nitrogens with zero attached hydrogens (tertiary/aromatic N) is 6. The van der Waals surface area contributed by atoms with Gasteiger partial charge in [0.05, 0.1) is 11.4 Å². The SMILES string of the molecule is Cc1cc(CN2CCN(C(=O)c3cccc(-n4cncn4)c3)CC2)no1. The van der Waals surface area contributed by atoms with Crippen molar-refractivity contribution in [2.24, 2.45) is 0 Å². The van der Waals surface area contributed by atoms with Gasteiger partial charge in [-0.15, -0.1) is 0 Å². The van der Waals surface area contributed by atoms with Crippen LogP contribution in [0, 0.1) is 6.92 Å². The molecule has 0 radical (unpaired) electrons. The van der Waals surface area contributed by atoms with Crippen LogP contribution in [0.4, 0.5) is 0 Å². The molecule has 26 heavy (non-hydrogen) atoms. The molecule has 8 heteroatoms. The molecular weight excluding hydrogens is 332 g/mol. The van der Waals surface area contributed by atoms with Crippen LogP contribution in [0.15, 0.2) is 47.5 Å². The molecule has 1 fully saturated rings. The lowest BCUT2D eigenvalue weighted by Gasteiger charge is -2.34. The minimum atomic E-state index is 0.0453. The molecular formula is C18H20N6O2. The van der Waals surface area contributed by atoms with Crippen molar-refractivity contribution in [1.82, 2.24) is 29.7 Å². The van der Waals surface area contributed by atoms with Crippen LogP contribution in [0.3, 0.4) is 0 Å². The molecule has 0 atom stereocenters. The maximum atomic E-state index is 12.8. The van der Waals surface area contributed by atoms with Crippen LogP contribution in [0.2, 0.25) is 0 Å². The van der Waals surface area contributed by atoms with Crippen molar-refractivity contribution in [3.05, 3.63) is 60.0 Å².